The standard InChI is InChI=1S/C15H14BrF2NO/c1-2-15(20,13-7-6-11(17)9-19-13)8-10-4-3-5-12(18)14(10)16/h3-7,9,20H,2,8H2,1H3. The third-order valence-corrected chi connectivity index (χ3v) is 4.19. The van der Waals surface area contributed by atoms with Gasteiger partial charge in [-0.3, -0.25) is 4.98 Å². The summed E-state index contributed by atoms with van der Waals surface area (Å²) in [4.78, 5) is 3.94. The Morgan fingerprint density at radius 2 is 2.00 bits per heavy atom. The van der Waals surface area contributed by atoms with Crippen LogP contribution in [-0.4, -0.2) is 10.1 Å². The van der Waals surface area contributed by atoms with Crippen LogP contribution in [0.1, 0.15) is 24.6 Å². The van der Waals surface area contributed by atoms with Gasteiger partial charge in [-0.2, -0.15) is 0 Å². The summed E-state index contributed by atoms with van der Waals surface area (Å²) in [5.41, 5.74) is -0.248. The molecule has 0 saturated heterocycles. The highest BCUT2D eigenvalue weighted by Gasteiger charge is 2.30. The molecule has 20 heavy (non-hydrogen) atoms. The number of pyridine rings is 1. The van der Waals surface area contributed by atoms with Gasteiger partial charge in [0.05, 0.1) is 16.4 Å². The first kappa shape index (κ1) is 15.1. The maximum Gasteiger partial charge on any atom is 0.141 e. The van der Waals surface area contributed by atoms with Crippen molar-refractivity contribution in [2.45, 2.75) is 25.4 Å². The lowest BCUT2D eigenvalue weighted by atomic mass is 9.88. The van der Waals surface area contributed by atoms with Gasteiger partial charge >= 0.3 is 0 Å². The van der Waals surface area contributed by atoms with Gasteiger partial charge < -0.3 is 5.11 Å². The van der Waals surface area contributed by atoms with E-state index in [1.54, 1.807) is 19.1 Å². The minimum atomic E-state index is -1.26. The maximum absolute atomic E-state index is 13.5. The van der Waals surface area contributed by atoms with Crippen LogP contribution in [0.3, 0.4) is 0 Å². The zero-order valence-electron chi connectivity index (χ0n) is 10.9. The molecule has 1 N–H and O–H groups in total. The molecule has 2 aromatic rings. The molecule has 1 atom stereocenters. The number of rotatable bonds is 4. The molecule has 0 aliphatic heterocycles. The highest BCUT2D eigenvalue weighted by atomic mass is 79.9. The molecular weight excluding hydrogens is 328 g/mol. The molecule has 0 aliphatic rings. The van der Waals surface area contributed by atoms with Gasteiger partial charge in [-0.25, -0.2) is 8.78 Å². The quantitative estimate of drug-likeness (QED) is 0.912. The summed E-state index contributed by atoms with van der Waals surface area (Å²) in [6.07, 6.45) is 1.64. The van der Waals surface area contributed by atoms with Gasteiger partial charge in [0.2, 0.25) is 0 Å². The fraction of sp³-hybridized carbons (Fsp3) is 0.267. The summed E-state index contributed by atoms with van der Waals surface area (Å²) in [5.74, 6) is -0.841. The van der Waals surface area contributed by atoms with E-state index in [-0.39, 0.29) is 12.2 Å². The maximum atomic E-state index is 13.5. The lowest BCUT2D eigenvalue weighted by Gasteiger charge is -2.27. The minimum Gasteiger partial charge on any atom is -0.383 e. The van der Waals surface area contributed by atoms with Crippen molar-refractivity contribution in [3.63, 3.8) is 0 Å². The predicted molar refractivity (Wildman–Crippen MR) is 76.2 cm³/mol. The van der Waals surface area contributed by atoms with Crippen molar-refractivity contribution in [3.05, 3.63) is 63.9 Å². The van der Waals surface area contributed by atoms with Crippen LogP contribution in [0.2, 0.25) is 0 Å². The van der Waals surface area contributed by atoms with E-state index in [1.807, 2.05) is 0 Å². The van der Waals surface area contributed by atoms with Crippen LogP contribution < -0.4 is 0 Å². The van der Waals surface area contributed by atoms with Crippen molar-refractivity contribution in [1.82, 2.24) is 4.98 Å². The smallest absolute Gasteiger partial charge is 0.141 e. The molecule has 106 valence electrons. The first-order chi connectivity index (χ1) is 9.46. The lowest BCUT2D eigenvalue weighted by molar-refractivity contribution is 0.0280. The molecule has 0 radical (unpaired) electrons. The topological polar surface area (TPSA) is 33.1 Å². The molecule has 0 saturated carbocycles. The first-order valence-electron chi connectivity index (χ1n) is 6.23. The number of nitrogens with zero attached hydrogens (tertiary/aromatic N) is 1. The van der Waals surface area contributed by atoms with E-state index in [1.165, 1.54) is 18.2 Å². The van der Waals surface area contributed by atoms with Crippen LogP contribution in [0.25, 0.3) is 0 Å². The van der Waals surface area contributed by atoms with E-state index in [9.17, 15) is 13.9 Å². The molecular formula is C15H14BrF2NO. The molecule has 2 rings (SSSR count). The van der Waals surface area contributed by atoms with Crippen LogP contribution in [0.4, 0.5) is 8.78 Å². The highest BCUT2D eigenvalue weighted by Crippen LogP contribution is 2.31. The van der Waals surface area contributed by atoms with Crippen molar-refractivity contribution in [2.75, 3.05) is 0 Å². The van der Waals surface area contributed by atoms with E-state index < -0.39 is 11.4 Å². The fourth-order valence-corrected chi connectivity index (χ4v) is 2.45. The van der Waals surface area contributed by atoms with Crippen molar-refractivity contribution in [1.29, 1.82) is 0 Å². The number of hydrogen-bond acceptors (Lipinski definition) is 2. The Morgan fingerprint density at radius 3 is 2.60 bits per heavy atom. The van der Waals surface area contributed by atoms with Gasteiger partial charge in [0.1, 0.15) is 17.2 Å². The van der Waals surface area contributed by atoms with Crippen LogP contribution >= 0.6 is 15.9 Å². The Bertz CT molecular complexity index is 603. The molecule has 1 heterocycles. The monoisotopic (exact) mass is 341 g/mol. The molecule has 0 aliphatic carbocycles. The zero-order chi connectivity index (χ0) is 14.8. The average Bonchev–Trinajstić information content (AvgIpc) is 2.44. The second kappa shape index (κ2) is 5.97. The van der Waals surface area contributed by atoms with E-state index >= 15 is 0 Å². The van der Waals surface area contributed by atoms with Crippen LogP contribution in [0.15, 0.2) is 41.0 Å². The first-order valence-corrected chi connectivity index (χ1v) is 7.03. The van der Waals surface area contributed by atoms with Gasteiger partial charge in [-0.15, -0.1) is 0 Å². The Hall–Kier alpha value is -1.33. The summed E-state index contributed by atoms with van der Waals surface area (Å²) in [5, 5.41) is 10.7. The Labute approximate surface area is 124 Å². The second-order valence-corrected chi connectivity index (χ2v) is 5.43. The number of benzene rings is 1. The van der Waals surface area contributed by atoms with E-state index in [4.69, 9.17) is 0 Å². The van der Waals surface area contributed by atoms with Crippen molar-refractivity contribution >= 4 is 15.9 Å². The number of aliphatic hydroxyl groups is 1. The van der Waals surface area contributed by atoms with Gasteiger partial charge in [0.25, 0.3) is 0 Å². The van der Waals surface area contributed by atoms with E-state index in [0.717, 1.165) is 6.20 Å². The summed E-state index contributed by atoms with van der Waals surface area (Å²) in [7, 11) is 0. The Kier molecular flexibility index (Phi) is 4.50. The minimum absolute atomic E-state index is 0.195. The molecule has 0 amide bonds. The van der Waals surface area contributed by atoms with Crippen LogP contribution in [0, 0.1) is 11.6 Å². The summed E-state index contributed by atoms with van der Waals surface area (Å²) in [6, 6.07) is 7.37. The summed E-state index contributed by atoms with van der Waals surface area (Å²) in [6.45, 7) is 1.80. The second-order valence-electron chi connectivity index (χ2n) is 4.64. The number of halogens is 3. The molecule has 1 aromatic carbocycles. The number of hydrogen-bond donors (Lipinski definition) is 1. The predicted octanol–water partition coefficient (Wildman–Crippen LogP) is 3.96. The van der Waals surface area contributed by atoms with Gasteiger partial charge in [0, 0.05) is 6.42 Å². The molecule has 0 bridgehead atoms. The van der Waals surface area contributed by atoms with Gasteiger partial charge in [-0.05, 0) is 46.1 Å². The van der Waals surface area contributed by atoms with Crippen molar-refractivity contribution in [2.24, 2.45) is 0 Å². The normalized spacial score (nSPS) is 14.1. The van der Waals surface area contributed by atoms with Crippen LogP contribution in [0.5, 0.6) is 0 Å². The molecule has 5 heteroatoms. The average molecular weight is 342 g/mol. The third-order valence-electron chi connectivity index (χ3n) is 3.30. The summed E-state index contributed by atoms with van der Waals surface area (Å²) < 4.78 is 26.8. The lowest BCUT2D eigenvalue weighted by Crippen LogP contribution is -2.29. The zero-order valence-corrected chi connectivity index (χ0v) is 12.5. The molecule has 1 unspecified atom stereocenters. The Balaban J connectivity index is 2.36. The molecule has 2 nitrogen and oxygen atoms in total. The largest absolute Gasteiger partial charge is 0.383 e. The molecule has 1 aromatic heterocycles. The van der Waals surface area contributed by atoms with Crippen LogP contribution in [-0.2, 0) is 12.0 Å². The summed E-state index contributed by atoms with van der Waals surface area (Å²) >= 11 is 3.18. The van der Waals surface area contributed by atoms with Gasteiger partial charge in [0.15, 0.2) is 0 Å². The SMILES string of the molecule is CCC(O)(Cc1cccc(F)c1Br)c1ccc(F)cn1. The number of aromatic nitrogens is 1. The molecule has 0 fully saturated rings. The van der Waals surface area contributed by atoms with Crippen molar-refractivity contribution in [3.8, 4) is 0 Å². The third kappa shape index (κ3) is 3.04. The van der Waals surface area contributed by atoms with E-state index in [0.29, 0.717) is 22.2 Å². The molecule has 0 spiro atoms. The fourth-order valence-electron chi connectivity index (χ4n) is 2.05. The van der Waals surface area contributed by atoms with Gasteiger partial charge in [-0.1, -0.05) is 19.1 Å². The van der Waals surface area contributed by atoms with E-state index in [2.05, 4.69) is 20.9 Å². The van der Waals surface area contributed by atoms with Crippen molar-refractivity contribution < 1.29 is 13.9 Å². The highest BCUT2D eigenvalue weighted by molar-refractivity contribution is 9.10. The Morgan fingerprint density at radius 1 is 1.25 bits per heavy atom.